The van der Waals surface area contributed by atoms with Crippen molar-refractivity contribution in [3.8, 4) is 5.75 Å². The van der Waals surface area contributed by atoms with Gasteiger partial charge in [0.2, 0.25) is 0 Å². The highest BCUT2D eigenvalue weighted by Crippen LogP contribution is 2.40. The third kappa shape index (κ3) is 2.87. The van der Waals surface area contributed by atoms with E-state index >= 15 is 0 Å². The van der Waals surface area contributed by atoms with Crippen LogP contribution in [-0.4, -0.2) is 23.4 Å². The topological polar surface area (TPSA) is 38.7 Å². The Kier molecular flexibility index (Phi) is 3.76. The number of phenolic OH excluding ortho intramolecular Hbond substituents is 1. The number of benzene rings is 1. The molecule has 116 valence electrons. The molecular formula is C13H15BClF3O3. The number of rotatable bonds is 1. The summed E-state index contributed by atoms with van der Waals surface area (Å²) < 4.78 is 50.1. The number of hydrogen-bond acceptors (Lipinski definition) is 3. The molecule has 8 heteroatoms. The fourth-order valence-electron chi connectivity index (χ4n) is 1.95. The minimum Gasteiger partial charge on any atom is -0.506 e. The van der Waals surface area contributed by atoms with E-state index in [1.165, 1.54) is 6.07 Å². The van der Waals surface area contributed by atoms with Crippen molar-refractivity contribution in [2.75, 3.05) is 0 Å². The molecule has 1 aliphatic heterocycles. The monoisotopic (exact) mass is 322 g/mol. The maximum absolute atomic E-state index is 12.9. The molecule has 1 N–H and O–H groups in total. The van der Waals surface area contributed by atoms with Crippen LogP contribution in [0.1, 0.15) is 33.3 Å². The third-order valence-corrected chi connectivity index (χ3v) is 4.20. The molecule has 1 aromatic carbocycles. The molecule has 21 heavy (non-hydrogen) atoms. The van der Waals surface area contributed by atoms with Gasteiger partial charge >= 0.3 is 13.3 Å². The number of alkyl halides is 3. The predicted octanol–water partition coefficient (Wildman–Crippen LogP) is 3.36. The molecule has 0 aliphatic carbocycles. The van der Waals surface area contributed by atoms with Crippen molar-refractivity contribution in [3.05, 3.63) is 22.7 Å². The number of aromatic hydroxyl groups is 1. The van der Waals surface area contributed by atoms with Crippen LogP contribution in [0.4, 0.5) is 13.2 Å². The first-order valence-corrected chi connectivity index (χ1v) is 6.68. The Hall–Kier alpha value is -0.915. The summed E-state index contributed by atoms with van der Waals surface area (Å²) >= 11 is 5.68. The van der Waals surface area contributed by atoms with Crippen LogP contribution in [0.15, 0.2) is 12.1 Å². The van der Waals surface area contributed by atoms with E-state index in [0.29, 0.717) is 0 Å². The van der Waals surface area contributed by atoms with Crippen LogP contribution in [0.3, 0.4) is 0 Å². The first kappa shape index (κ1) is 16.5. The lowest BCUT2D eigenvalue weighted by Gasteiger charge is -2.32. The van der Waals surface area contributed by atoms with Crippen molar-refractivity contribution in [2.45, 2.75) is 45.1 Å². The van der Waals surface area contributed by atoms with Crippen molar-refractivity contribution < 1.29 is 27.6 Å². The molecular weight excluding hydrogens is 307 g/mol. The zero-order valence-corrected chi connectivity index (χ0v) is 12.8. The molecule has 0 bridgehead atoms. The molecule has 0 aromatic heterocycles. The van der Waals surface area contributed by atoms with Gasteiger partial charge in [0.1, 0.15) is 5.75 Å². The summed E-state index contributed by atoms with van der Waals surface area (Å²) in [6, 6.07) is 2.01. The summed E-state index contributed by atoms with van der Waals surface area (Å²) in [5.74, 6) is -0.996. The first-order chi connectivity index (χ1) is 9.35. The molecule has 1 aliphatic rings. The minimum absolute atomic E-state index is 0.115. The lowest BCUT2D eigenvalue weighted by Crippen LogP contribution is -2.41. The van der Waals surface area contributed by atoms with Gasteiger partial charge in [-0.25, -0.2) is 0 Å². The molecule has 1 aromatic rings. The number of hydrogen-bond donors (Lipinski definition) is 1. The summed E-state index contributed by atoms with van der Waals surface area (Å²) in [5, 5.41) is 9.08. The predicted molar refractivity (Wildman–Crippen MR) is 73.8 cm³/mol. The quantitative estimate of drug-likeness (QED) is 0.806. The zero-order valence-electron chi connectivity index (χ0n) is 12.0. The van der Waals surface area contributed by atoms with E-state index in [-0.39, 0.29) is 5.46 Å². The van der Waals surface area contributed by atoms with E-state index in [9.17, 15) is 18.3 Å². The standard InChI is InChI=1S/C13H15BClF3O3/c1-11(2)12(3,4)21-14(20-11)7-5-8(13(16,17)18)10(19)9(15)6-7/h5-6,19H,1-4H3. The molecule has 0 unspecified atom stereocenters. The van der Waals surface area contributed by atoms with Gasteiger partial charge in [0.05, 0.1) is 21.8 Å². The molecule has 1 fully saturated rings. The van der Waals surface area contributed by atoms with E-state index in [2.05, 4.69) is 0 Å². The van der Waals surface area contributed by atoms with E-state index in [1.54, 1.807) is 27.7 Å². The molecule has 0 saturated carbocycles. The molecule has 0 atom stereocenters. The molecule has 1 heterocycles. The summed E-state index contributed by atoms with van der Waals surface area (Å²) in [6.45, 7) is 7.17. The van der Waals surface area contributed by atoms with E-state index in [1.807, 2.05) is 0 Å². The largest absolute Gasteiger partial charge is 0.506 e. The highest BCUT2D eigenvalue weighted by molar-refractivity contribution is 6.62. The van der Waals surface area contributed by atoms with Gasteiger partial charge in [0, 0.05) is 0 Å². The maximum Gasteiger partial charge on any atom is 0.494 e. The first-order valence-electron chi connectivity index (χ1n) is 6.30. The molecule has 0 radical (unpaired) electrons. The Balaban J connectivity index is 2.46. The molecule has 1 saturated heterocycles. The van der Waals surface area contributed by atoms with Crippen LogP contribution in [0.25, 0.3) is 0 Å². The Bertz CT molecular complexity index is 557. The smallest absolute Gasteiger partial charge is 0.494 e. The molecule has 2 rings (SSSR count). The van der Waals surface area contributed by atoms with E-state index < -0.39 is 40.8 Å². The third-order valence-electron chi connectivity index (χ3n) is 3.92. The van der Waals surface area contributed by atoms with Gasteiger partial charge in [-0.1, -0.05) is 11.6 Å². The zero-order chi connectivity index (χ0) is 16.2. The lowest BCUT2D eigenvalue weighted by molar-refractivity contribution is -0.138. The minimum atomic E-state index is -4.71. The second-order valence-electron chi connectivity index (χ2n) is 5.98. The Labute approximate surface area is 126 Å². The number of phenols is 1. The average Bonchev–Trinajstić information content (AvgIpc) is 2.50. The van der Waals surface area contributed by atoms with Gasteiger partial charge in [0.15, 0.2) is 0 Å². The van der Waals surface area contributed by atoms with Crippen molar-refractivity contribution in [1.82, 2.24) is 0 Å². The lowest BCUT2D eigenvalue weighted by atomic mass is 9.78. The van der Waals surface area contributed by atoms with Crippen LogP contribution in [0.5, 0.6) is 5.75 Å². The summed E-state index contributed by atoms with van der Waals surface area (Å²) in [5.41, 5.74) is -2.45. The number of halogens is 4. The van der Waals surface area contributed by atoms with Crippen molar-refractivity contribution in [2.24, 2.45) is 0 Å². The normalized spacial score (nSPS) is 20.9. The van der Waals surface area contributed by atoms with Crippen LogP contribution < -0.4 is 5.46 Å². The summed E-state index contributed by atoms with van der Waals surface area (Å²) in [4.78, 5) is 0. The average molecular weight is 323 g/mol. The summed E-state index contributed by atoms with van der Waals surface area (Å²) in [7, 11) is -0.978. The van der Waals surface area contributed by atoms with Crippen LogP contribution >= 0.6 is 11.6 Å². The van der Waals surface area contributed by atoms with Gasteiger partial charge in [-0.3, -0.25) is 0 Å². The van der Waals surface area contributed by atoms with Crippen LogP contribution in [0.2, 0.25) is 5.02 Å². The molecule has 0 spiro atoms. The van der Waals surface area contributed by atoms with Crippen molar-refractivity contribution in [1.29, 1.82) is 0 Å². The fourth-order valence-corrected chi connectivity index (χ4v) is 2.18. The second-order valence-corrected chi connectivity index (χ2v) is 6.39. The van der Waals surface area contributed by atoms with Crippen molar-refractivity contribution >= 4 is 24.2 Å². The molecule has 0 amide bonds. The Morgan fingerprint density at radius 3 is 2.00 bits per heavy atom. The van der Waals surface area contributed by atoms with Gasteiger partial charge in [-0.15, -0.1) is 0 Å². The van der Waals surface area contributed by atoms with Crippen molar-refractivity contribution in [3.63, 3.8) is 0 Å². The summed E-state index contributed by atoms with van der Waals surface area (Å²) in [6.07, 6.45) is -4.71. The molecule has 3 nitrogen and oxygen atoms in total. The Morgan fingerprint density at radius 2 is 1.57 bits per heavy atom. The van der Waals surface area contributed by atoms with Gasteiger partial charge in [0.25, 0.3) is 0 Å². The highest BCUT2D eigenvalue weighted by atomic mass is 35.5. The van der Waals surface area contributed by atoms with Gasteiger partial charge in [-0.2, -0.15) is 13.2 Å². The van der Waals surface area contributed by atoms with Gasteiger partial charge in [-0.05, 0) is 45.3 Å². The van der Waals surface area contributed by atoms with Crippen LogP contribution in [0, 0.1) is 0 Å². The fraction of sp³-hybridized carbons (Fsp3) is 0.538. The van der Waals surface area contributed by atoms with E-state index in [4.69, 9.17) is 20.9 Å². The Morgan fingerprint density at radius 1 is 1.10 bits per heavy atom. The van der Waals surface area contributed by atoms with E-state index in [0.717, 1.165) is 6.07 Å². The highest BCUT2D eigenvalue weighted by Gasteiger charge is 2.52. The van der Waals surface area contributed by atoms with Crippen LogP contribution in [-0.2, 0) is 15.5 Å². The second kappa shape index (κ2) is 4.79. The maximum atomic E-state index is 12.9. The van der Waals surface area contributed by atoms with Gasteiger partial charge < -0.3 is 14.4 Å². The SMILES string of the molecule is CC1(C)OB(c2cc(Cl)c(O)c(C(F)(F)F)c2)OC1(C)C.